The predicted octanol–water partition coefficient (Wildman–Crippen LogP) is 0.510. The van der Waals surface area contributed by atoms with Crippen LogP contribution in [0.5, 0.6) is 0 Å². The summed E-state index contributed by atoms with van der Waals surface area (Å²) in [5, 5.41) is 3.08. The summed E-state index contributed by atoms with van der Waals surface area (Å²) >= 11 is 0. The highest BCUT2D eigenvalue weighted by Gasteiger charge is 2.02. The Labute approximate surface area is 74.1 Å². The first-order valence-electron chi connectivity index (χ1n) is 4.07. The Morgan fingerprint density at radius 1 is 1.42 bits per heavy atom. The Balaban J connectivity index is 3.23. The monoisotopic (exact) mass is 195 g/mol. The summed E-state index contributed by atoms with van der Waals surface area (Å²) in [5.41, 5.74) is 0. The summed E-state index contributed by atoms with van der Waals surface area (Å²) in [6.45, 7) is 5.68. The molecule has 0 atom stereocenters. The average molecular weight is 195 g/mol. The second kappa shape index (κ2) is 5.50. The normalized spacial score (nSPS) is 12.3. The van der Waals surface area contributed by atoms with Gasteiger partial charge in [0, 0.05) is 0 Å². The average Bonchev–Trinajstić information content (AvgIpc) is 1.83. The molecule has 12 heavy (non-hydrogen) atoms. The van der Waals surface area contributed by atoms with E-state index < -0.39 is 10.1 Å². The first-order valence-corrected chi connectivity index (χ1v) is 5.68. The van der Waals surface area contributed by atoms with Crippen molar-refractivity contribution >= 4 is 10.1 Å². The molecule has 0 radical (unpaired) electrons. The zero-order valence-corrected chi connectivity index (χ0v) is 8.39. The summed E-state index contributed by atoms with van der Waals surface area (Å²) in [5.74, 6) is 0.411. The van der Waals surface area contributed by atoms with Gasteiger partial charge in [-0.3, -0.25) is 4.55 Å². The van der Waals surface area contributed by atoms with Crippen molar-refractivity contribution in [1.82, 2.24) is 5.32 Å². The van der Waals surface area contributed by atoms with E-state index in [0.717, 1.165) is 6.54 Å². The number of nitrogens with one attached hydrogen (secondary N) is 1. The molecule has 5 heteroatoms. The molecule has 0 aliphatic rings. The Hall–Kier alpha value is -0.130. The van der Waals surface area contributed by atoms with Crippen LogP contribution < -0.4 is 5.32 Å². The van der Waals surface area contributed by atoms with Crippen molar-refractivity contribution in [2.24, 2.45) is 5.92 Å². The molecule has 2 N–H and O–H groups in total. The Morgan fingerprint density at radius 3 is 2.42 bits per heavy atom. The van der Waals surface area contributed by atoms with Crippen LogP contribution in [0.25, 0.3) is 0 Å². The van der Waals surface area contributed by atoms with Crippen molar-refractivity contribution in [2.45, 2.75) is 20.3 Å². The van der Waals surface area contributed by atoms with Gasteiger partial charge < -0.3 is 5.32 Å². The number of rotatable bonds is 6. The molecule has 4 nitrogen and oxygen atoms in total. The lowest BCUT2D eigenvalue weighted by Gasteiger charge is -2.05. The van der Waals surface area contributed by atoms with Gasteiger partial charge in [-0.05, 0) is 25.4 Å². The van der Waals surface area contributed by atoms with Crippen molar-refractivity contribution in [3.63, 3.8) is 0 Å². The van der Waals surface area contributed by atoms with Crippen LogP contribution in [0.2, 0.25) is 0 Å². The second-order valence-electron chi connectivity index (χ2n) is 3.24. The van der Waals surface area contributed by atoms with Crippen LogP contribution in [0.15, 0.2) is 0 Å². The van der Waals surface area contributed by atoms with E-state index in [1.807, 2.05) is 0 Å². The molecule has 0 spiro atoms. The molecular formula is C7H17NO3S. The predicted molar refractivity (Wildman–Crippen MR) is 48.7 cm³/mol. The summed E-state index contributed by atoms with van der Waals surface area (Å²) in [6.07, 6.45) is 0.464. The minimum Gasteiger partial charge on any atom is -0.316 e. The van der Waals surface area contributed by atoms with Crippen LogP contribution in [-0.4, -0.2) is 31.8 Å². The summed E-state index contributed by atoms with van der Waals surface area (Å²) < 4.78 is 28.9. The van der Waals surface area contributed by atoms with Crippen molar-refractivity contribution in [3.05, 3.63) is 0 Å². The summed E-state index contributed by atoms with van der Waals surface area (Å²) in [6, 6.07) is 0. The highest BCUT2D eigenvalue weighted by molar-refractivity contribution is 7.85. The molecule has 0 aromatic heterocycles. The molecule has 0 aromatic carbocycles. The third-order valence-corrected chi connectivity index (χ3v) is 2.11. The fourth-order valence-electron chi connectivity index (χ4n) is 0.770. The van der Waals surface area contributed by atoms with Crippen molar-refractivity contribution in [3.8, 4) is 0 Å². The lowest BCUT2D eigenvalue weighted by atomic mass is 10.2. The van der Waals surface area contributed by atoms with Gasteiger partial charge in [-0.25, -0.2) is 0 Å². The lowest BCUT2D eigenvalue weighted by Crippen LogP contribution is -2.22. The van der Waals surface area contributed by atoms with Crippen LogP contribution in [0.1, 0.15) is 20.3 Å². The van der Waals surface area contributed by atoms with E-state index in [4.69, 9.17) is 4.55 Å². The zero-order chi connectivity index (χ0) is 9.61. The molecule has 0 heterocycles. The quantitative estimate of drug-likeness (QED) is 0.479. The van der Waals surface area contributed by atoms with Gasteiger partial charge in [0.25, 0.3) is 10.1 Å². The SMILES string of the molecule is CC(C)CNCCCS(=O)(=O)O. The van der Waals surface area contributed by atoms with E-state index in [1.165, 1.54) is 0 Å². The maximum Gasteiger partial charge on any atom is 0.264 e. The van der Waals surface area contributed by atoms with E-state index in [2.05, 4.69) is 19.2 Å². The smallest absolute Gasteiger partial charge is 0.264 e. The van der Waals surface area contributed by atoms with Crippen LogP contribution in [0.4, 0.5) is 0 Å². The molecular weight excluding hydrogens is 178 g/mol. The van der Waals surface area contributed by atoms with E-state index in [-0.39, 0.29) is 5.75 Å². The van der Waals surface area contributed by atoms with E-state index >= 15 is 0 Å². The van der Waals surface area contributed by atoms with Gasteiger partial charge in [0.2, 0.25) is 0 Å². The van der Waals surface area contributed by atoms with Crippen molar-refractivity contribution in [2.75, 3.05) is 18.8 Å². The molecule has 0 amide bonds. The molecule has 0 saturated carbocycles. The van der Waals surface area contributed by atoms with Crippen LogP contribution in [0, 0.1) is 5.92 Å². The summed E-state index contributed by atoms with van der Waals surface area (Å²) in [4.78, 5) is 0. The molecule has 0 aliphatic carbocycles. The van der Waals surface area contributed by atoms with Gasteiger partial charge in [-0.1, -0.05) is 13.8 Å². The Kier molecular flexibility index (Phi) is 5.44. The third-order valence-electron chi connectivity index (χ3n) is 1.31. The summed E-state index contributed by atoms with van der Waals surface area (Å²) in [7, 11) is -3.76. The standard InChI is InChI=1S/C7H17NO3S/c1-7(2)6-8-4-3-5-12(9,10)11/h7-8H,3-6H2,1-2H3,(H,9,10,11). The van der Waals surface area contributed by atoms with Gasteiger partial charge in [-0.2, -0.15) is 8.42 Å². The van der Waals surface area contributed by atoms with Crippen molar-refractivity contribution < 1.29 is 13.0 Å². The second-order valence-corrected chi connectivity index (χ2v) is 4.81. The van der Waals surface area contributed by atoms with E-state index in [0.29, 0.717) is 18.9 Å². The molecule has 0 bridgehead atoms. The van der Waals surface area contributed by atoms with Crippen LogP contribution in [0.3, 0.4) is 0 Å². The van der Waals surface area contributed by atoms with Gasteiger partial charge in [-0.15, -0.1) is 0 Å². The fourth-order valence-corrected chi connectivity index (χ4v) is 1.28. The molecule has 0 unspecified atom stereocenters. The van der Waals surface area contributed by atoms with Gasteiger partial charge in [0.1, 0.15) is 0 Å². The molecule has 0 saturated heterocycles. The first-order chi connectivity index (χ1) is 5.42. The van der Waals surface area contributed by atoms with Crippen molar-refractivity contribution in [1.29, 1.82) is 0 Å². The minimum absolute atomic E-state index is 0.155. The van der Waals surface area contributed by atoms with E-state index in [9.17, 15) is 8.42 Å². The maximum absolute atomic E-state index is 10.3. The maximum atomic E-state index is 10.3. The minimum atomic E-state index is -3.76. The molecule has 0 aromatic rings. The molecule has 74 valence electrons. The molecule has 0 rings (SSSR count). The highest BCUT2D eigenvalue weighted by Crippen LogP contribution is 1.89. The number of hydrogen-bond donors (Lipinski definition) is 2. The number of hydrogen-bond acceptors (Lipinski definition) is 3. The van der Waals surface area contributed by atoms with Crippen LogP contribution >= 0.6 is 0 Å². The topological polar surface area (TPSA) is 66.4 Å². The van der Waals surface area contributed by atoms with Crippen LogP contribution in [-0.2, 0) is 10.1 Å². The first kappa shape index (κ1) is 11.9. The van der Waals surface area contributed by atoms with Gasteiger partial charge in [0.15, 0.2) is 0 Å². The highest BCUT2D eigenvalue weighted by atomic mass is 32.2. The molecule has 0 aliphatic heterocycles. The third kappa shape index (κ3) is 9.87. The zero-order valence-electron chi connectivity index (χ0n) is 7.58. The van der Waals surface area contributed by atoms with Gasteiger partial charge in [0.05, 0.1) is 5.75 Å². The Bertz CT molecular complexity index is 199. The lowest BCUT2D eigenvalue weighted by molar-refractivity contribution is 0.478. The Morgan fingerprint density at radius 2 is 2.00 bits per heavy atom. The van der Waals surface area contributed by atoms with E-state index in [1.54, 1.807) is 0 Å². The fraction of sp³-hybridized carbons (Fsp3) is 1.00. The van der Waals surface area contributed by atoms with Gasteiger partial charge >= 0.3 is 0 Å². The largest absolute Gasteiger partial charge is 0.316 e. The molecule has 0 fully saturated rings.